The highest BCUT2D eigenvalue weighted by Gasteiger charge is 2.29. The lowest BCUT2D eigenvalue weighted by molar-refractivity contribution is 0.0930. The number of piperazine rings is 1. The minimum atomic E-state index is -0.903. The van der Waals surface area contributed by atoms with E-state index >= 15 is 8.78 Å². The summed E-state index contributed by atoms with van der Waals surface area (Å²) < 4.78 is 32.5. The lowest BCUT2D eigenvalue weighted by atomic mass is 9.98. The zero-order valence-corrected chi connectivity index (χ0v) is 22.3. The van der Waals surface area contributed by atoms with Crippen molar-refractivity contribution in [3.05, 3.63) is 47.3 Å². The van der Waals surface area contributed by atoms with Gasteiger partial charge in [-0.1, -0.05) is 20.8 Å². The van der Waals surface area contributed by atoms with Crippen molar-refractivity contribution >= 4 is 11.6 Å². The van der Waals surface area contributed by atoms with E-state index in [2.05, 4.69) is 27.3 Å². The van der Waals surface area contributed by atoms with Crippen molar-refractivity contribution in [2.45, 2.75) is 46.6 Å². The standard InChI is InChI=1S/C27H34F2N6O3/c1-6-33-7-9-34(10-8-33)17-11-20(28)24(21(29)12-17)35-25(31-32-26(35)27(38)30-16(4)5)19-13-18(15(2)3)22(36)14-23(19)37/h11-16,36-37H,6-10H2,1-5H3,(H,30,38). The van der Waals surface area contributed by atoms with Crippen molar-refractivity contribution in [1.29, 1.82) is 0 Å². The third-order valence-corrected chi connectivity index (χ3v) is 6.70. The Morgan fingerprint density at radius 3 is 2.16 bits per heavy atom. The van der Waals surface area contributed by atoms with Crippen LogP contribution in [-0.4, -0.2) is 74.6 Å². The minimum absolute atomic E-state index is 0.0705. The molecule has 1 saturated heterocycles. The van der Waals surface area contributed by atoms with Gasteiger partial charge in [0, 0.05) is 44.0 Å². The highest BCUT2D eigenvalue weighted by atomic mass is 19.1. The van der Waals surface area contributed by atoms with E-state index in [1.807, 2.05) is 18.7 Å². The summed E-state index contributed by atoms with van der Waals surface area (Å²) in [6.07, 6.45) is 0. The van der Waals surface area contributed by atoms with Crippen molar-refractivity contribution < 1.29 is 23.8 Å². The van der Waals surface area contributed by atoms with Gasteiger partial charge in [0.25, 0.3) is 5.91 Å². The Labute approximate surface area is 220 Å². The average molecular weight is 529 g/mol. The molecule has 0 radical (unpaired) electrons. The van der Waals surface area contributed by atoms with E-state index in [1.54, 1.807) is 13.8 Å². The number of carbonyl (C=O) groups excluding carboxylic acids is 1. The molecule has 1 aromatic heterocycles. The van der Waals surface area contributed by atoms with Crippen molar-refractivity contribution in [2.24, 2.45) is 0 Å². The monoisotopic (exact) mass is 528 g/mol. The van der Waals surface area contributed by atoms with E-state index < -0.39 is 23.2 Å². The molecule has 3 N–H and O–H groups in total. The molecule has 1 amide bonds. The fourth-order valence-corrected chi connectivity index (χ4v) is 4.65. The van der Waals surface area contributed by atoms with Gasteiger partial charge < -0.3 is 25.3 Å². The summed E-state index contributed by atoms with van der Waals surface area (Å²) in [7, 11) is 0. The molecule has 0 unspecified atom stereocenters. The summed E-state index contributed by atoms with van der Waals surface area (Å²) in [5.74, 6) is -3.60. The van der Waals surface area contributed by atoms with Gasteiger partial charge in [-0.3, -0.25) is 9.36 Å². The first-order chi connectivity index (χ1) is 18.0. The molecule has 38 heavy (non-hydrogen) atoms. The lowest BCUT2D eigenvalue weighted by Crippen LogP contribution is -2.46. The summed E-state index contributed by atoms with van der Waals surface area (Å²) in [6, 6.07) is 4.83. The van der Waals surface area contributed by atoms with E-state index in [-0.39, 0.29) is 40.7 Å². The number of carbonyl (C=O) groups is 1. The van der Waals surface area contributed by atoms with Crippen LogP contribution in [-0.2, 0) is 0 Å². The highest BCUT2D eigenvalue weighted by Crippen LogP contribution is 2.39. The smallest absolute Gasteiger partial charge is 0.289 e. The van der Waals surface area contributed by atoms with E-state index in [0.717, 1.165) is 30.3 Å². The van der Waals surface area contributed by atoms with Gasteiger partial charge in [-0.25, -0.2) is 8.78 Å². The van der Waals surface area contributed by atoms with E-state index in [9.17, 15) is 15.0 Å². The number of halogens is 2. The van der Waals surface area contributed by atoms with Gasteiger partial charge in [-0.05, 0) is 50.1 Å². The molecule has 0 bridgehead atoms. The maximum absolute atomic E-state index is 15.8. The van der Waals surface area contributed by atoms with E-state index in [4.69, 9.17) is 0 Å². The third kappa shape index (κ3) is 5.28. The van der Waals surface area contributed by atoms with Crippen LogP contribution in [0.3, 0.4) is 0 Å². The number of nitrogens with one attached hydrogen (secondary N) is 1. The molecular formula is C27H34F2N6O3. The number of anilines is 1. The van der Waals surface area contributed by atoms with Gasteiger partial charge in [0.05, 0.1) is 5.56 Å². The van der Waals surface area contributed by atoms with Crippen LogP contribution in [0.4, 0.5) is 14.5 Å². The van der Waals surface area contributed by atoms with E-state index in [1.165, 1.54) is 18.2 Å². The number of hydrogen-bond acceptors (Lipinski definition) is 7. The number of likely N-dealkylation sites (N-methyl/N-ethyl adjacent to an activating group) is 1. The third-order valence-electron chi connectivity index (χ3n) is 6.70. The van der Waals surface area contributed by atoms with Crippen molar-refractivity contribution in [2.75, 3.05) is 37.6 Å². The fraction of sp³-hybridized carbons (Fsp3) is 0.444. The van der Waals surface area contributed by atoms with Crippen LogP contribution < -0.4 is 10.2 Å². The molecule has 1 fully saturated rings. The van der Waals surface area contributed by atoms with Crippen LogP contribution in [0.2, 0.25) is 0 Å². The number of nitrogens with zero attached hydrogens (tertiary/aromatic N) is 5. The number of benzene rings is 2. The number of hydrogen-bond donors (Lipinski definition) is 3. The molecule has 0 aliphatic carbocycles. The first-order valence-corrected chi connectivity index (χ1v) is 12.8. The fourth-order valence-electron chi connectivity index (χ4n) is 4.65. The Kier molecular flexibility index (Phi) is 7.86. The number of phenols is 2. The average Bonchev–Trinajstić information content (AvgIpc) is 3.27. The molecule has 1 aliphatic rings. The Hall–Kier alpha value is -3.73. The highest BCUT2D eigenvalue weighted by molar-refractivity contribution is 5.92. The summed E-state index contributed by atoms with van der Waals surface area (Å²) in [4.78, 5) is 17.2. The first kappa shape index (κ1) is 27.3. The van der Waals surface area contributed by atoms with Crippen molar-refractivity contribution in [1.82, 2.24) is 25.0 Å². The van der Waals surface area contributed by atoms with Crippen LogP contribution in [0.1, 0.15) is 56.7 Å². The molecular weight excluding hydrogens is 494 g/mol. The SMILES string of the molecule is CCN1CCN(c2cc(F)c(-n3c(C(=O)NC(C)C)nnc3-c3cc(C(C)C)c(O)cc3O)c(F)c2)CC1. The zero-order chi connectivity index (χ0) is 27.7. The number of phenolic OH excluding ortho intramolecular Hbond substituents is 2. The summed E-state index contributed by atoms with van der Waals surface area (Å²) in [6.45, 7) is 13.0. The Balaban J connectivity index is 1.88. The molecule has 2 heterocycles. The molecule has 2 aromatic carbocycles. The topological polar surface area (TPSA) is 107 Å². The maximum atomic E-state index is 15.8. The largest absolute Gasteiger partial charge is 0.508 e. The van der Waals surface area contributed by atoms with Crippen LogP contribution in [0.5, 0.6) is 11.5 Å². The summed E-state index contributed by atoms with van der Waals surface area (Å²) in [5.41, 5.74) is 0.425. The van der Waals surface area contributed by atoms with Crippen LogP contribution >= 0.6 is 0 Å². The first-order valence-electron chi connectivity index (χ1n) is 12.8. The molecule has 0 saturated carbocycles. The predicted molar refractivity (Wildman–Crippen MR) is 141 cm³/mol. The summed E-state index contributed by atoms with van der Waals surface area (Å²) in [5, 5.41) is 31.6. The predicted octanol–water partition coefficient (Wildman–Crippen LogP) is 4.03. The molecule has 11 heteroatoms. The Morgan fingerprint density at radius 1 is 0.974 bits per heavy atom. The number of rotatable bonds is 7. The normalized spacial score (nSPS) is 14.5. The lowest BCUT2D eigenvalue weighted by Gasteiger charge is -2.35. The molecule has 3 aromatic rings. The Morgan fingerprint density at radius 2 is 1.61 bits per heavy atom. The quantitative estimate of drug-likeness (QED) is 0.425. The molecule has 0 atom stereocenters. The maximum Gasteiger partial charge on any atom is 0.289 e. The molecule has 9 nitrogen and oxygen atoms in total. The van der Waals surface area contributed by atoms with Gasteiger partial charge in [-0.2, -0.15) is 0 Å². The van der Waals surface area contributed by atoms with Gasteiger partial charge >= 0.3 is 0 Å². The van der Waals surface area contributed by atoms with Gasteiger partial charge in [-0.15, -0.1) is 10.2 Å². The number of aromatic nitrogens is 3. The zero-order valence-electron chi connectivity index (χ0n) is 22.3. The number of amides is 1. The van der Waals surface area contributed by atoms with Gasteiger partial charge in [0.1, 0.15) is 17.2 Å². The second-order valence-electron chi connectivity index (χ2n) is 10.1. The minimum Gasteiger partial charge on any atom is -0.508 e. The summed E-state index contributed by atoms with van der Waals surface area (Å²) >= 11 is 0. The van der Waals surface area contributed by atoms with Crippen molar-refractivity contribution in [3.63, 3.8) is 0 Å². The second kappa shape index (κ2) is 10.9. The van der Waals surface area contributed by atoms with Crippen LogP contribution in [0, 0.1) is 11.6 Å². The molecule has 4 rings (SSSR count). The molecule has 0 spiro atoms. The second-order valence-corrected chi connectivity index (χ2v) is 10.1. The van der Waals surface area contributed by atoms with Crippen LogP contribution in [0.15, 0.2) is 24.3 Å². The Bertz CT molecular complexity index is 1310. The molecule has 204 valence electrons. The van der Waals surface area contributed by atoms with Crippen molar-refractivity contribution in [3.8, 4) is 28.6 Å². The van der Waals surface area contributed by atoms with E-state index in [0.29, 0.717) is 24.3 Å². The van der Waals surface area contributed by atoms with Crippen LogP contribution in [0.25, 0.3) is 17.1 Å². The van der Waals surface area contributed by atoms with Gasteiger partial charge in [0.15, 0.2) is 17.5 Å². The molecule has 1 aliphatic heterocycles. The number of aromatic hydroxyl groups is 2. The van der Waals surface area contributed by atoms with Gasteiger partial charge in [0.2, 0.25) is 5.82 Å².